The number of methoxy groups -OCH3 is 2. The lowest BCUT2D eigenvalue weighted by atomic mass is 9.79. The quantitative estimate of drug-likeness (QED) is 0.931. The van der Waals surface area contributed by atoms with Crippen molar-refractivity contribution in [3.8, 4) is 0 Å². The van der Waals surface area contributed by atoms with Crippen LogP contribution in [0.25, 0.3) is 10.9 Å². The first-order chi connectivity index (χ1) is 11.7. The number of rotatable bonds is 4. The number of aryl methyl sites for hydroxylation is 1. The standard InChI is InChI=1S/C20H28N2O2/c1-14-16-6-4-5-7-17(16)21-18(14)13-22-11-10-20(24-3)9-8-15(23-2)12-19(20)22/h4-7,15,19,21H,8-13H2,1-3H3/t15-,19+,20-/m1/s1. The van der Waals surface area contributed by atoms with Crippen molar-refractivity contribution < 1.29 is 9.47 Å². The van der Waals surface area contributed by atoms with Gasteiger partial charge < -0.3 is 14.5 Å². The molecule has 130 valence electrons. The van der Waals surface area contributed by atoms with Gasteiger partial charge in [0.05, 0.1) is 11.7 Å². The average molecular weight is 328 g/mol. The highest BCUT2D eigenvalue weighted by atomic mass is 16.5. The summed E-state index contributed by atoms with van der Waals surface area (Å²) >= 11 is 0. The zero-order valence-electron chi connectivity index (χ0n) is 15.0. The molecule has 0 unspecified atom stereocenters. The molecule has 4 heteroatoms. The zero-order valence-corrected chi connectivity index (χ0v) is 15.0. The molecule has 0 spiro atoms. The summed E-state index contributed by atoms with van der Waals surface area (Å²) in [4.78, 5) is 6.23. The summed E-state index contributed by atoms with van der Waals surface area (Å²) in [5.74, 6) is 0. The molecule has 2 fully saturated rings. The van der Waals surface area contributed by atoms with Gasteiger partial charge in [0.2, 0.25) is 0 Å². The minimum absolute atomic E-state index is 0.0228. The molecule has 1 aromatic carbocycles. The van der Waals surface area contributed by atoms with E-state index >= 15 is 0 Å². The minimum atomic E-state index is 0.0228. The van der Waals surface area contributed by atoms with Crippen molar-refractivity contribution in [2.24, 2.45) is 0 Å². The largest absolute Gasteiger partial charge is 0.381 e. The Hall–Kier alpha value is -1.36. The molecule has 4 nitrogen and oxygen atoms in total. The number of benzene rings is 1. The molecule has 1 saturated heterocycles. The van der Waals surface area contributed by atoms with Gasteiger partial charge in [-0.25, -0.2) is 0 Å². The van der Waals surface area contributed by atoms with Crippen molar-refractivity contribution in [1.29, 1.82) is 0 Å². The van der Waals surface area contributed by atoms with Gasteiger partial charge in [-0.05, 0) is 44.2 Å². The predicted octanol–water partition coefficient (Wildman–Crippen LogP) is 3.63. The molecule has 1 aromatic heterocycles. The van der Waals surface area contributed by atoms with Crippen molar-refractivity contribution in [2.75, 3.05) is 20.8 Å². The lowest BCUT2D eigenvalue weighted by Crippen LogP contribution is -2.51. The molecule has 0 amide bonds. The van der Waals surface area contributed by atoms with E-state index in [1.807, 2.05) is 14.2 Å². The number of likely N-dealkylation sites (tertiary alicyclic amines) is 1. The van der Waals surface area contributed by atoms with Crippen LogP contribution >= 0.6 is 0 Å². The molecule has 2 aliphatic rings. The summed E-state index contributed by atoms with van der Waals surface area (Å²) < 4.78 is 11.7. The predicted molar refractivity (Wildman–Crippen MR) is 96.2 cm³/mol. The van der Waals surface area contributed by atoms with E-state index in [0.717, 1.165) is 38.8 Å². The van der Waals surface area contributed by atoms with Crippen molar-refractivity contribution in [2.45, 2.75) is 56.9 Å². The Balaban J connectivity index is 1.60. The van der Waals surface area contributed by atoms with E-state index < -0.39 is 0 Å². The Kier molecular flexibility index (Phi) is 4.15. The maximum Gasteiger partial charge on any atom is 0.0847 e. The summed E-state index contributed by atoms with van der Waals surface area (Å²) in [6, 6.07) is 9.03. The lowest BCUT2D eigenvalue weighted by Gasteiger charge is -2.43. The fourth-order valence-electron chi connectivity index (χ4n) is 4.86. The first kappa shape index (κ1) is 16.1. The molecular weight excluding hydrogens is 300 g/mol. The molecule has 3 atom stereocenters. The third kappa shape index (κ3) is 2.48. The number of ether oxygens (including phenoxy) is 2. The number of fused-ring (bicyclic) bond motifs is 2. The van der Waals surface area contributed by atoms with E-state index in [1.54, 1.807) is 0 Å². The molecule has 24 heavy (non-hydrogen) atoms. The van der Waals surface area contributed by atoms with Crippen LogP contribution in [0, 0.1) is 6.92 Å². The highest BCUT2D eigenvalue weighted by Crippen LogP contribution is 2.43. The topological polar surface area (TPSA) is 37.5 Å². The highest BCUT2D eigenvalue weighted by molar-refractivity contribution is 5.84. The molecule has 4 rings (SSSR count). The van der Waals surface area contributed by atoms with E-state index in [4.69, 9.17) is 9.47 Å². The summed E-state index contributed by atoms with van der Waals surface area (Å²) in [7, 11) is 3.73. The van der Waals surface area contributed by atoms with Crippen LogP contribution in [0.5, 0.6) is 0 Å². The summed E-state index contributed by atoms with van der Waals surface area (Å²) in [6.07, 6.45) is 4.78. The number of H-pyrrole nitrogens is 1. The second kappa shape index (κ2) is 6.17. The Morgan fingerprint density at radius 1 is 1.25 bits per heavy atom. The number of nitrogens with zero attached hydrogens (tertiary/aromatic N) is 1. The van der Waals surface area contributed by atoms with Crippen LogP contribution in [-0.4, -0.2) is 48.4 Å². The average Bonchev–Trinajstić information content (AvgIpc) is 3.14. The maximum absolute atomic E-state index is 6.05. The minimum Gasteiger partial charge on any atom is -0.381 e. The van der Waals surface area contributed by atoms with Crippen LogP contribution in [0.15, 0.2) is 24.3 Å². The van der Waals surface area contributed by atoms with Gasteiger partial charge in [-0.1, -0.05) is 18.2 Å². The molecule has 2 aromatic rings. The van der Waals surface area contributed by atoms with Gasteiger partial charge in [0.15, 0.2) is 0 Å². The second-order valence-electron chi connectivity index (χ2n) is 7.41. The van der Waals surface area contributed by atoms with Gasteiger partial charge >= 0.3 is 0 Å². The third-order valence-electron chi connectivity index (χ3n) is 6.42. The van der Waals surface area contributed by atoms with Crippen LogP contribution < -0.4 is 0 Å². The summed E-state index contributed by atoms with van der Waals surface area (Å²) in [5, 5.41) is 1.34. The number of hydrogen-bond donors (Lipinski definition) is 1. The highest BCUT2D eigenvalue weighted by Gasteiger charge is 2.51. The number of aromatic amines is 1. The third-order valence-corrected chi connectivity index (χ3v) is 6.42. The van der Waals surface area contributed by atoms with Gasteiger partial charge in [-0.15, -0.1) is 0 Å². The number of para-hydroxylation sites is 1. The fourth-order valence-corrected chi connectivity index (χ4v) is 4.86. The molecule has 1 aliphatic carbocycles. The van der Waals surface area contributed by atoms with Crippen molar-refractivity contribution in [1.82, 2.24) is 9.88 Å². The van der Waals surface area contributed by atoms with Crippen molar-refractivity contribution in [3.05, 3.63) is 35.5 Å². The van der Waals surface area contributed by atoms with Crippen LogP contribution in [0.4, 0.5) is 0 Å². The lowest BCUT2D eigenvalue weighted by molar-refractivity contribution is -0.0948. The molecule has 1 N–H and O–H groups in total. The van der Waals surface area contributed by atoms with Gasteiger partial charge in [0.1, 0.15) is 0 Å². The summed E-state index contributed by atoms with van der Waals surface area (Å²) in [6.45, 7) is 4.29. The van der Waals surface area contributed by atoms with Crippen LogP contribution in [-0.2, 0) is 16.0 Å². The number of aromatic nitrogens is 1. The Labute approximate surface area is 144 Å². The monoisotopic (exact) mass is 328 g/mol. The molecular formula is C20H28N2O2. The van der Waals surface area contributed by atoms with E-state index in [9.17, 15) is 0 Å². The van der Waals surface area contributed by atoms with Crippen molar-refractivity contribution in [3.63, 3.8) is 0 Å². The van der Waals surface area contributed by atoms with Crippen LogP contribution in [0.2, 0.25) is 0 Å². The second-order valence-corrected chi connectivity index (χ2v) is 7.41. The fraction of sp³-hybridized carbons (Fsp3) is 0.600. The molecule has 0 bridgehead atoms. The van der Waals surface area contributed by atoms with Crippen LogP contribution in [0.3, 0.4) is 0 Å². The Morgan fingerprint density at radius 3 is 2.83 bits per heavy atom. The Bertz CT molecular complexity index is 725. The van der Waals surface area contributed by atoms with Crippen molar-refractivity contribution >= 4 is 10.9 Å². The molecule has 0 radical (unpaired) electrons. The number of hydrogen-bond acceptors (Lipinski definition) is 3. The molecule has 1 aliphatic heterocycles. The van der Waals surface area contributed by atoms with E-state index in [0.29, 0.717) is 12.1 Å². The molecule has 1 saturated carbocycles. The van der Waals surface area contributed by atoms with E-state index in [-0.39, 0.29) is 5.60 Å². The van der Waals surface area contributed by atoms with E-state index in [1.165, 1.54) is 22.2 Å². The first-order valence-electron chi connectivity index (χ1n) is 9.05. The first-order valence-corrected chi connectivity index (χ1v) is 9.05. The van der Waals surface area contributed by atoms with Gasteiger partial charge in [0, 0.05) is 49.9 Å². The van der Waals surface area contributed by atoms with Crippen LogP contribution in [0.1, 0.15) is 36.9 Å². The smallest absolute Gasteiger partial charge is 0.0847 e. The number of nitrogens with one attached hydrogen (secondary N) is 1. The SMILES string of the molecule is CO[C@@H]1CC[C@@]2(OC)CCN(Cc3[nH]c4ccccc4c3C)[C@H]2C1. The Morgan fingerprint density at radius 2 is 2.08 bits per heavy atom. The molecule has 2 heterocycles. The van der Waals surface area contributed by atoms with Gasteiger partial charge in [-0.3, -0.25) is 4.90 Å². The van der Waals surface area contributed by atoms with Gasteiger partial charge in [0.25, 0.3) is 0 Å². The summed E-state index contributed by atoms with van der Waals surface area (Å²) in [5.41, 5.74) is 3.97. The zero-order chi connectivity index (χ0) is 16.7. The normalized spacial score (nSPS) is 30.8. The van der Waals surface area contributed by atoms with E-state index in [2.05, 4.69) is 41.1 Å². The van der Waals surface area contributed by atoms with Gasteiger partial charge in [-0.2, -0.15) is 0 Å². The maximum atomic E-state index is 6.05.